The van der Waals surface area contributed by atoms with E-state index in [1.165, 1.54) is 11.1 Å². The molecule has 4 rings (SSSR count). The Morgan fingerprint density at radius 1 is 0.960 bits per heavy atom. The quantitative estimate of drug-likeness (QED) is 0.847. The van der Waals surface area contributed by atoms with Crippen LogP contribution in [0.1, 0.15) is 33.7 Å². The van der Waals surface area contributed by atoms with Crippen molar-refractivity contribution in [1.29, 1.82) is 0 Å². The van der Waals surface area contributed by atoms with Crippen LogP contribution in [-0.4, -0.2) is 52.9 Å². The predicted molar refractivity (Wildman–Crippen MR) is 98.7 cm³/mol. The molecule has 130 valence electrons. The van der Waals surface area contributed by atoms with Gasteiger partial charge in [0.05, 0.1) is 0 Å². The minimum Gasteiger partial charge on any atom is -0.336 e. The van der Waals surface area contributed by atoms with Gasteiger partial charge in [0, 0.05) is 37.9 Å². The van der Waals surface area contributed by atoms with Crippen molar-refractivity contribution in [1.82, 2.24) is 14.8 Å². The summed E-state index contributed by atoms with van der Waals surface area (Å²) in [6.45, 7) is 5.57. The lowest BCUT2D eigenvalue weighted by molar-refractivity contribution is 0.0752. The van der Waals surface area contributed by atoms with Crippen molar-refractivity contribution in [3.63, 3.8) is 0 Å². The predicted octanol–water partition coefficient (Wildman–Crippen LogP) is 2.71. The van der Waals surface area contributed by atoms with Gasteiger partial charge in [-0.05, 0) is 49.4 Å². The lowest BCUT2D eigenvalue weighted by Gasteiger charge is -2.27. The van der Waals surface area contributed by atoms with Gasteiger partial charge in [-0.2, -0.15) is 0 Å². The molecule has 4 nitrogen and oxygen atoms in total. The standard InChI is InChI=1S/C21H25N3O/c1-16-6-4-9-20(22-16)21(25)24-11-5-10-23(12-13-24)19-14-17-7-2-3-8-18(17)15-19/h2-4,6-9,19H,5,10-15H2,1H3. The van der Waals surface area contributed by atoms with Gasteiger partial charge in [0.15, 0.2) is 0 Å². The van der Waals surface area contributed by atoms with Crippen molar-refractivity contribution in [2.24, 2.45) is 0 Å². The van der Waals surface area contributed by atoms with Crippen LogP contribution in [0.5, 0.6) is 0 Å². The monoisotopic (exact) mass is 335 g/mol. The van der Waals surface area contributed by atoms with E-state index in [0.29, 0.717) is 11.7 Å². The van der Waals surface area contributed by atoms with Crippen LogP contribution in [-0.2, 0) is 12.8 Å². The van der Waals surface area contributed by atoms with Gasteiger partial charge in [-0.3, -0.25) is 9.69 Å². The molecule has 0 spiro atoms. The summed E-state index contributed by atoms with van der Waals surface area (Å²) >= 11 is 0. The molecule has 2 heterocycles. The van der Waals surface area contributed by atoms with E-state index in [0.717, 1.165) is 51.1 Å². The Morgan fingerprint density at radius 3 is 2.44 bits per heavy atom. The van der Waals surface area contributed by atoms with Gasteiger partial charge in [-0.15, -0.1) is 0 Å². The van der Waals surface area contributed by atoms with E-state index in [2.05, 4.69) is 34.1 Å². The number of benzene rings is 1. The number of carbonyl (C=O) groups is 1. The summed E-state index contributed by atoms with van der Waals surface area (Å²) in [5.74, 6) is 0.0697. The molecule has 4 heteroatoms. The second-order valence-corrected chi connectivity index (χ2v) is 7.18. The summed E-state index contributed by atoms with van der Waals surface area (Å²) in [6.07, 6.45) is 3.32. The van der Waals surface area contributed by atoms with Gasteiger partial charge in [0.1, 0.15) is 5.69 Å². The molecule has 0 atom stereocenters. The Hall–Kier alpha value is -2.20. The summed E-state index contributed by atoms with van der Waals surface area (Å²) in [7, 11) is 0. The third kappa shape index (κ3) is 3.45. The number of hydrogen-bond donors (Lipinski definition) is 0. The van der Waals surface area contributed by atoms with Crippen LogP contribution >= 0.6 is 0 Å². The first-order valence-corrected chi connectivity index (χ1v) is 9.24. The molecule has 2 aromatic rings. The van der Waals surface area contributed by atoms with Crippen molar-refractivity contribution in [2.45, 2.75) is 32.2 Å². The highest BCUT2D eigenvalue weighted by Gasteiger charge is 2.29. The van der Waals surface area contributed by atoms with E-state index in [4.69, 9.17) is 0 Å². The van der Waals surface area contributed by atoms with E-state index in [-0.39, 0.29) is 5.91 Å². The molecule has 25 heavy (non-hydrogen) atoms. The maximum absolute atomic E-state index is 12.8. The Balaban J connectivity index is 1.40. The number of hydrogen-bond acceptors (Lipinski definition) is 3. The largest absolute Gasteiger partial charge is 0.336 e. The molecule has 1 aliphatic heterocycles. The highest BCUT2D eigenvalue weighted by atomic mass is 16.2. The topological polar surface area (TPSA) is 36.4 Å². The van der Waals surface area contributed by atoms with Crippen LogP contribution in [0.15, 0.2) is 42.5 Å². The van der Waals surface area contributed by atoms with E-state index in [9.17, 15) is 4.79 Å². The zero-order chi connectivity index (χ0) is 17.2. The van der Waals surface area contributed by atoms with E-state index in [1.807, 2.05) is 30.0 Å². The van der Waals surface area contributed by atoms with Gasteiger partial charge in [-0.1, -0.05) is 30.3 Å². The summed E-state index contributed by atoms with van der Waals surface area (Å²) in [6, 6.07) is 15.0. The SMILES string of the molecule is Cc1cccc(C(=O)N2CCCN(C3Cc4ccccc4C3)CC2)n1. The van der Waals surface area contributed by atoms with Crippen molar-refractivity contribution in [3.05, 3.63) is 65.0 Å². The number of aromatic nitrogens is 1. The van der Waals surface area contributed by atoms with Gasteiger partial charge in [0.25, 0.3) is 5.91 Å². The van der Waals surface area contributed by atoms with E-state index < -0.39 is 0 Å². The van der Waals surface area contributed by atoms with Crippen molar-refractivity contribution in [3.8, 4) is 0 Å². The Bertz CT molecular complexity index is 748. The maximum atomic E-state index is 12.8. The summed E-state index contributed by atoms with van der Waals surface area (Å²) in [5.41, 5.74) is 4.45. The lowest BCUT2D eigenvalue weighted by Crippen LogP contribution is -2.40. The number of pyridine rings is 1. The maximum Gasteiger partial charge on any atom is 0.272 e. The van der Waals surface area contributed by atoms with Crippen LogP contribution < -0.4 is 0 Å². The first-order chi connectivity index (χ1) is 12.2. The van der Waals surface area contributed by atoms with Crippen molar-refractivity contribution >= 4 is 5.91 Å². The van der Waals surface area contributed by atoms with Gasteiger partial charge < -0.3 is 4.90 Å². The smallest absolute Gasteiger partial charge is 0.272 e. The fourth-order valence-corrected chi connectivity index (χ4v) is 4.12. The van der Waals surface area contributed by atoms with E-state index >= 15 is 0 Å². The average molecular weight is 335 g/mol. The number of aryl methyl sites for hydroxylation is 1. The third-order valence-corrected chi connectivity index (χ3v) is 5.47. The van der Waals surface area contributed by atoms with Gasteiger partial charge in [-0.25, -0.2) is 4.98 Å². The molecule has 1 amide bonds. The number of fused-ring (bicyclic) bond motifs is 1. The molecule has 0 radical (unpaired) electrons. The van der Waals surface area contributed by atoms with Crippen LogP contribution in [0.2, 0.25) is 0 Å². The molecule has 1 aromatic heterocycles. The minimum absolute atomic E-state index is 0.0697. The fourth-order valence-electron chi connectivity index (χ4n) is 4.12. The fraction of sp³-hybridized carbons (Fsp3) is 0.429. The van der Waals surface area contributed by atoms with E-state index in [1.54, 1.807) is 0 Å². The molecular weight excluding hydrogens is 310 g/mol. The zero-order valence-electron chi connectivity index (χ0n) is 14.8. The molecule has 0 saturated carbocycles. The normalized spacial score (nSPS) is 18.8. The van der Waals surface area contributed by atoms with Crippen molar-refractivity contribution in [2.75, 3.05) is 26.2 Å². The number of amides is 1. The minimum atomic E-state index is 0.0697. The van der Waals surface area contributed by atoms with Crippen LogP contribution in [0.3, 0.4) is 0 Å². The molecule has 0 bridgehead atoms. The highest BCUT2D eigenvalue weighted by Crippen LogP contribution is 2.26. The van der Waals surface area contributed by atoms with Crippen LogP contribution in [0.25, 0.3) is 0 Å². The molecular formula is C21H25N3O. The first kappa shape index (κ1) is 16.3. The molecule has 1 aliphatic carbocycles. The molecule has 0 unspecified atom stereocenters. The Kier molecular flexibility index (Phi) is 4.53. The lowest BCUT2D eigenvalue weighted by atomic mass is 10.1. The number of rotatable bonds is 2. The number of carbonyl (C=O) groups excluding carboxylic acids is 1. The molecule has 1 fully saturated rings. The van der Waals surface area contributed by atoms with Crippen LogP contribution in [0.4, 0.5) is 0 Å². The van der Waals surface area contributed by atoms with Crippen molar-refractivity contribution < 1.29 is 4.79 Å². The summed E-state index contributed by atoms with van der Waals surface area (Å²) in [4.78, 5) is 21.7. The number of nitrogens with zero attached hydrogens (tertiary/aromatic N) is 3. The molecule has 1 saturated heterocycles. The van der Waals surface area contributed by atoms with Gasteiger partial charge in [0.2, 0.25) is 0 Å². The zero-order valence-corrected chi connectivity index (χ0v) is 14.8. The first-order valence-electron chi connectivity index (χ1n) is 9.24. The average Bonchev–Trinajstić information content (AvgIpc) is 2.90. The van der Waals surface area contributed by atoms with Crippen LogP contribution in [0, 0.1) is 6.92 Å². The summed E-state index contributed by atoms with van der Waals surface area (Å²) < 4.78 is 0. The highest BCUT2D eigenvalue weighted by molar-refractivity contribution is 5.92. The molecule has 1 aromatic carbocycles. The second kappa shape index (κ2) is 6.96. The molecule has 2 aliphatic rings. The second-order valence-electron chi connectivity index (χ2n) is 7.18. The Labute approximate surface area is 149 Å². The third-order valence-electron chi connectivity index (χ3n) is 5.47. The Morgan fingerprint density at radius 2 is 1.72 bits per heavy atom. The summed E-state index contributed by atoms with van der Waals surface area (Å²) in [5, 5.41) is 0. The molecule has 0 N–H and O–H groups in total. The van der Waals surface area contributed by atoms with Gasteiger partial charge >= 0.3 is 0 Å².